The molecule has 23 heavy (non-hydrogen) atoms. The van der Waals surface area contributed by atoms with Gasteiger partial charge in [0.25, 0.3) is 0 Å². The van der Waals surface area contributed by atoms with Crippen LogP contribution < -0.4 is 5.32 Å². The van der Waals surface area contributed by atoms with E-state index in [2.05, 4.69) is 5.32 Å². The molecule has 7 heteroatoms. The van der Waals surface area contributed by atoms with Gasteiger partial charge in [-0.1, -0.05) is 6.07 Å². The van der Waals surface area contributed by atoms with Gasteiger partial charge in [0.1, 0.15) is 0 Å². The minimum Gasteiger partial charge on any atom is -0.335 e. The van der Waals surface area contributed by atoms with Crippen LogP contribution in [0, 0.1) is 19.8 Å². The highest BCUT2D eigenvalue weighted by Gasteiger charge is 2.43. The van der Waals surface area contributed by atoms with E-state index >= 15 is 0 Å². The highest BCUT2D eigenvalue weighted by Crippen LogP contribution is 2.25. The summed E-state index contributed by atoms with van der Waals surface area (Å²) >= 11 is 0. The molecule has 1 aliphatic heterocycles. The highest BCUT2D eigenvalue weighted by atomic mass is 19.4. The number of halogens is 3. The van der Waals surface area contributed by atoms with Gasteiger partial charge in [-0.05, 0) is 49.9 Å². The first kappa shape index (κ1) is 17.3. The monoisotopic (exact) mass is 328 g/mol. The molecule has 0 aliphatic carbocycles. The number of amides is 2. The Labute approximate surface area is 132 Å². The Balaban J connectivity index is 1.91. The van der Waals surface area contributed by atoms with Crippen LogP contribution in [0.2, 0.25) is 0 Å². The lowest BCUT2D eigenvalue weighted by Crippen LogP contribution is -2.46. The van der Waals surface area contributed by atoms with Gasteiger partial charge in [-0.15, -0.1) is 0 Å². The number of hydrogen-bond donors (Lipinski definition) is 1. The molecule has 0 radical (unpaired) electrons. The van der Waals surface area contributed by atoms with E-state index < -0.39 is 12.1 Å². The van der Waals surface area contributed by atoms with Crippen molar-refractivity contribution in [2.24, 2.45) is 5.92 Å². The Kier molecular flexibility index (Phi) is 4.97. The van der Waals surface area contributed by atoms with Gasteiger partial charge in [-0.25, -0.2) is 0 Å². The van der Waals surface area contributed by atoms with Crippen LogP contribution in [0.1, 0.15) is 24.0 Å². The average Bonchev–Trinajstić information content (AvgIpc) is 2.49. The van der Waals surface area contributed by atoms with Crippen LogP contribution in [-0.4, -0.2) is 36.0 Å². The van der Waals surface area contributed by atoms with E-state index in [-0.39, 0.29) is 37.8 Å². The lowest BCUT2D eigenvalue weighted by molar-refractivity contribution is -0.186. The minimum absolute atomic E-state index is 0.0522. The van der Waals surface area contributed by atoms with E-state index in [0.717, 1.165) is 16.0 Å². The lowest BCUT2D eigenvalue weighted by atomic mass is 9.95. The Morgan fingerprint density at radius 3 is 2.26 bits per heavy atom. The number of aryl methyl sites for hydroxylation is 2. The second-order valence-corrected chi connectivity index (χ2v) is 5.85. The SMILES string of the molecule is Cc1ccc(NC(=O)C2CCN(C(=O)C(F)(F)F)CC2)cc1C. The molecule has 0 spiro atoms. The van der Waals surface area contributed by atoms with Crippen molar-refractivity contribution in [1.29, 1.82) is 0 Å². The summed E-state index contributed by atoms with van der Waals surface area (Å²) in [5.41, 5.74) is 2.84. The van der Waals surface area contributed by atoms with E-state index in [4.69, 9.17) is 0 Å². The standard InChI is InChI=1S/C16H19F3N2O2/c1-10-3-4-13(9-11(10)2)20-14(22)12-5-7-21(8-6-12)15(23)16(17,18)19/h3-4,9,12H,5-8H2,1-2H3,(H,20,22). The maximum absolute atomic E-state index is 12.4. The lowest BCUT2D eigenvalue weighted by Gasteiger charge is -2.31. The predicted molar refractivity (Wildman–Crippen MR) is 79.9 cm³/mol. The van der Waals surface area contributed by atoms with Crippen molar-refractivity contribution in [2.45, 2.75) is 32.9 Å². The summed E-state index contributed by atoms with van der Waals surface area (Å²) < 4.78 is 37.1. The van der Waals surface area contributed by atoms with Gasteiger partial charge in [-0.3, -0.25) is 9.59 Å². The van der Waals surface area contributed by atoms with E-state index in [0.29, 0.717) is 5.69 Å². The van der Waals surface area contributed by atoms with Crippen LogP contribution >= 0.6 is 0 Å². The van der Waals surface area contributed by atoms with Gasteiger partial charge >= 0.3 is 12.1 Å². The first-order valence-corrected chi connectivity index (χ1v) is 7.42. The summed E-state index contributed by atoms with van der Waals surface area (Å²) in [6, 6.07) is 5.55. The third-order valence-corrected chi connectivity index (χ3v) is 4.17. The van der Waals surface area contributed by atoms with Crippen LogP contribution in [0.4, 0.5) is 18.9 Å². The van der Waals surface area contributed by atoms with Crippen LogP contribution in [0.25, 0.3) is 0 Å². The maximum atomic E-state index is 12.4. The zero-order chi connectivity index (χ0) is 17.2. The Morgan fingerprint density at radius 1 is 1.13 bits per heavy atom. The normalized spacial score (nSPS) is 16.3. The average molecular weight is 328 g/mol. The maximum Gasteiger partial charge on any atom is 0.471 e. The van der Waals surface area contributed by atoms with Gasteiger partial charge in [0.05, 0.1) is 0 Å². The third-order valence-electron chi connectivity index (χ3n) is 4.17. The molecule has 1 fully saturated rings. The zero-order valence-corrected chi connectivity index (χ0v) is 13.0. The van der Waals surface area contributed by atoms with Crippen molar-refractivity contribution < 1.29 is 22.8 Å². The van der Waals surface area contributed by atoms with Crippen LogP contribution in [0.5, 0.6) is 0 Å². The summed E-state index contributed by atoms with van der Waals surface area (Å²) in [6.07, 6.45) is -4.38. The van der Waals surface area contributed by atoms with Gasteiger partial charge < -0.3 is 10.2 Å². The number of nitrogens with one attached hydrogen (secondary N) is 1. The van der Waals surface area contributed by atoms with Crippen molar-refractivity contribution in [3.05, 3.63) is 29.3 Å². The van der Waals surface area contributed by atoms with Gasteiger partial charge in [0, 0.05) is 24.7 Å². The Hall–Kier alpha value is -2.05. The Bertz CT molecular complexity index is 606. The molecule has 1 heterocycles. The van der Waals surface area contributed by atoms with Crippen molar-refractivity contribution in [3.8, 4) is 0 Å². The topological polar surface area (TPSA) is 49.4 Å². The number of likely N-dealkylation sites (tertiary alicyclic amines) is 1. The van der Waals surface area contributed by atoms with E-state index in [9.17, 15) is 22.8 Å². The molecule has 1 saturated heterocycles. The second-order valence-electron chi connectivity index (χ2n) is 5.85. The number of anilines is 1. The zero-order valence-electron chi connectivity index (χ0n) is 13.0. The smallest absolute Gasteiger partial charge is 0.335 e. The molecule has 1 N–H and O–H groups in total. The largest absolute Gasteiger partial charge is 0.471 e. The summed E-state index contributed by atoms with van der Waals surface area (Å²) in [4.78, 5) is 24.1. The van der Waals surface area contributed by atoms with E-state index in [1.165, 1.54) is 0 Å². The van der Waals surface area contributed by atoms with Crippen molar-refractivity contribution in [2.75, 3.05) is 18.4 Å². The molecular weight excluding hydrogens is 309 g/mol. The molecule has 0 unspecified atom stereocenters. The minimum atomic E-state index is -4.85. The summed E-state index contributed by atoms with van der Waals surface area (Å²) in [6.45, 7) is 3.80. The molecule has 1 aliphatic rings. The van der Waals surface area contributed by atoms with Crippen LogP contribution in [0.15, 0.2) is 18.2 Å². The number of carbonyl (C=O) groups excluding carboxylic acids is 2. The first-order chi connectivity index (χ1) is 10.7. The molecule has 2 rings (SSSR count). The van der Waals surface area contributed by atoms with Gasteiger partial charge in [0.2, 0.25) is 5.91 Å². The number of alkyl halides is 3. The van der Waals surface area contributed by atoms with Crippen molar-refractivity contribution in [1.82, 2.24) is 4.90 Å². The fraction of sp³-hybridized carbons (Fsp3) is 0.500. The molecule has 4 nitrogen and oxygen atoms in total. The fourth-order valence-electron chi connectivity index (χ4n) is 2.59. The van der Waals surface area contributed by atoms with Crippen LogP contribution in [-0.2, 0) is 9.59 Å². The number of benzene rings is 1. The molecule has 1 aromatic rings. The predicted octanol–water partition coefficient (Wildman–Crippen LogP) is 3.04. The molecule has 1 aromatic carbocycles. The molecule has 0 saturated carbocycles. The first-order valence-electron chi connectivity index (χ1n) is 7.42. The van der Waals surface area contributed by atoms with Gasteiger partial charge in [0.15, 0.2) is 0 Å². The molecule has 0 aromatic heterocycles. The highest BCUT2D eigenvalue weighted by molar-refractivity contribution is 5.93. The van der Waals surface area contributed by atoms with E-state index in [1.807, 2.05) is 26.0 Å². The molecule has 0 bridgehead atoms. The van der Waals surface area contributed by atoms with Gasteiger partial charge in [-0.2, -0.15) is 13.2 Å². The quantitative estimate of drug-likeness (QED) is 0.907. The number of rotatable bonds is 2. The van der Waals surface area contributed by atoms with Crippen LogP contribution in [0.3, 0.4) is 0 Å². The number of carbonyl (C=O) groups is 2. The second kappa shape index (κ2) is 6.60. The molecular formula is C16H19F3N2O2. The number of nitrogens with zero attached hydrogens (tertiary/aromatic N) is 1. The number of piperidine rings is 1. The molecule has 0 atom stereocenters. The van der Waals surface area contributed by atoms with E-state index in [1.54, 1.807) is 6.07 Å². The molecule has 126 valence electrons. The van der Waals surface area contributed by atoms with Crippen molar-refractivity contribution in [3.63, 3.8) is 0 Å². The third kappa shape index (κ3) is 4.24. The Morgan fingerprint density at radius 2 is 1.74 bits per heavy atom. The van der Waals surface area contributed by atoms with Crippen molar-refractivity contribution >= 4 is 17.5 Å². The summed E-state index contributed by atoms with van der Waals surface area (Å²) in [5, 5.41) is 2.79. The summed E-state index contributed by atoms with van der Waals surface area (Å²) in [5.74, 6) is -2.42. The summed E-state index contributed by atoms with van der Waals surface area (Å²) in [7, 11) is 0. The molecule has 2 amide bonds. The fourth-order valence-corrected chi connectivity index (χ4v) is 2.59. The number of hydrogen-bond acceptors (Lipinski definition) is 2.